The van der Waals surface area contributed by atoms with E-state index in [1.54, 1.807) is 31.3 Å². The van der Waals surface area contributed by atoms with Crippen LogP contribution in [0.25, 0.3) is 0 Å². The van der Waals surface area contributed by atoms with Crippen LogP contribution in [0.3, 0.4) is 0 Å². The van der Waals surface area contributed by atoms with Gasteiger partial charge in [-0.3, -0.25) is 14.5 Å². The Morgan fingerprint density at radius 1 is 0.959 bits per heavy atom. The van der Waals surface area contributed by atoms with Gasteiger partial charge < -0.3 is 24.0 Å². The summed E-state index contributed by atoms with van der Waals surface area (Å²) in [5.41, 5.74) is -1.53. The van der Waals surface area contributed by atoms with Crippen LogP contribution in [0.15, 0.2) is 47.7 Å². The van der Waals surface area contributed by atoms with Gasteiger partial charge in [0.2, 0.25) is 5.67 Å². The van der Waals surface area contributed by atoms with E-state index in [2.05, 4.69) is 4.90 Å². The second-order valence-electron chi connectivity index (χ2n) is 14.5. The van der Waals surface area contributed by atoms with E-state index in [1.165, 1.54) is 19.3 Å². The lowest BCUT2D eigenvalue weighted by Gasteiger charge is -2.41. The normalized spacial score (nSPS) is 30.4. The number of ether oxygens (including phenoxy) is 3. The summed E-state index contributed by atoms with van der Waals surface area (Å²) in [4.78, 5) is 32.5. The number of allylic oxidation sites excluding steroid dienone is 4. The number of hydrogen-bond donors (Lipinski definition) is 0. The Hall–Kier alpha value is -3.12. The van der Waals surface area contributed by atoms with Crippen LogP contribution in [0, 0.1) is 23.7 Å². The summed E-state index contributed by atoms with van der Waals surface area (Å²) in [6.45, 7) is 2.11. The third-order valence-electron chi connectivity index (χ3n) is 11.8. The smallest absolute Gasteiger partial charge is 0.416 e. The number of nitrogens with zero attached hydrogens (tertiary/aromatic N) is 3. The summed E-state index contributed by atoms with van der Waals surface area (Å²) < 4.78 is 75.6. The van der Waals surface area contributed by atoms with Crippen molar-refractivity contribution in [1.82, 2.24) is 14.7 Å². The number of carbonyl (C=O) groups is 2. The fraction of sp³-hybridized carbons (Fsp3) is 0.676. The van der Waals surface area contributed by atoms with Crippen LogP contribution >= 0.6 is 0 Å². The average molecular weight is 692 g/mol. The van der Waals surface area contributed by atoms with Crippen molar-refractivity contribution in [1.29, 1.82) is 0 Å². The molecule has 5 aliphatic rings. The van der Waals surface area contributed by atoms with Gasteiger partial charge in [-0.1, -0.05) is 31.1 Å². The quantitative estimate of drug-likeness (QED) is 0.242. The van der Waals surface area contributed by atoms with Gasteiger partial charge in [-0.05, 0) is 61.8 Å². The van der Waals surface area contributed by atoms with E-state index < -0.39 is 29.2 Å². The first kappa shape index (κ1) is 35.7. The molecule has 4 fully saturated rings. The predicted molar refractivity (Wildman–Crippen MR) is 175 cm³/mol. The van der Waals surface area contributed by atoms with E-state index >= 15 is 4.39 Å². The zero-order valence-electron chi connectivity index (χ0n) is 28.7. The lowest BCUT2D eigenvalue weighted by atomic mass is 9.76. The van der Waals surface area contributed by atoms with E-state index in [-0.39, 0.29) is 61.7 Å². The lowest BCUT2D eigenvalue weighted by Crippen LogP contribution is -2.50. The first-order valence-electron chi connectivity index (χ1n) is 17.6. The van der Waals surface area contributed by atoms with Gasteiger partial charge in [0.05, 0.1) is 32.3 Å². The summed E-state index contributed by atoms with van der Waals surface area (Å²) >= 11 is 0. The number of halogens is 4. The fourth-order valence-electron chi connectivity index (χ4n) is 9.15. The predicted octanol–water partition coefficient (Wildman–Crippen LogP) is 5.74. The van der Waals surface area contributed by atoms with Crippen LogP contribution in [-0.2, 0) is 19.1 Å². The largest absolute Gasteiger partial charge is 0.497 e. The van der Waals surface area contributed by atoms with Crippen molar-refractivity contribution in [3.8, 4) is 5.75 Å². The molecule has 1 saturated carbocycles. The van der Waals surface area contributed by atoms with Crippen LogP contribution in [0.2, 0.25) is 0 Å². The number of esters is 1. The molecule has 6 rings (SSSR count). The molecule has 0 spiro atoms. The highest BCUT2D eigenvalue weighted by Gasteiger charge is 2.58. The van der Waals surface area contributed by atoms with Gasteiger partial charge in [0.25, 0.3) is 5.91 Å². The zero-order valence-corrected chi connectivity index (χ0v) is 28.7. The monoisotopic (exact) mass is 691 g/mol. The molecule has 1 amide bonds. The number of amides is 1. The zero-order chi connectivity index (χ0) is 34.9. The highest BCUT2D eigenvalue weighted by Crippen LogP contribution is 2.47. The molecule has 8 nitrogen and oxygen atoms in total. The summed E-state index contributed by atoms with van der Waals surface area (Å²) in [6, 6.07) is 7.53. The second-order valence-corrected chi connectivity index (χ2v) is 14.5. The minimum atomic E-state index is -4.51. The maximum absolute atomic E-state index is 17.7. The molecule has 12 heteroatoms. The highest BCUT2D eigenvalue weighted by atomic mass is 19.4. The van der Waals surface area contributed by atoms with E-state index in [9.17, 15) is 22.8 Å². The topological polar surface area (TPSA) is 71.6 Å². The van der Waals surface area contributed by atoms with E-state index in [0.29, 0.717) is 50.5 Å². The van der Waals surface area contributed by atoms with Crippen molar-refractivity contribution in [2.24, 2.45) is 23.7 Å². The van der Waals surface area contributed by atoms with Crippen molar-refractivity contribution >= 4 is 11.9 Å². The lowest BCUT2D eigenvalue weighted by molar-refractivity contribution is -0.147. The molecule has 5 atom stereocenters. The maximum atomic E-state index is 17.7. The Morgan fingerprint density at radius 2 is 1.65 bits per heavy atom. The summed E-state index contributed by atoms with van der Waals surface area (Å²) in [7, 11) is 4.49. The van der Waals surface area contributed by atoms with Crippen LogP contribution in [-0.4, -0.2) is 112 Å². The first-order chi connectivity index (χ1) is 23.5. The third-order valence-corrected chi connectivity index (χ3v) is 11.8. The summed E-state index contributed by atoms with van der Waals surface area (Å²) in [5, 5.41) is 0. The highest BCUT2D eigenvalue weighted by molar-refractivity contribution is 5.87. The fourth-order valence-corrected chi connectivity index (χ4v) is 9.15. The van der Waals surface area contributed by atoms with Gasteiger partial charge in [0.15, 0.2) is 0 Å². The van der Waals surface area contributed by atoms with Crippen LogP contribution < -0.4 is 4.74 Å². The number of carbonyl (C=O) groups excluding carboxylic acids is 2. The molecule has 1 aromatic carbocycles. The minimum absolute atomic E-state index is 0.0186. The van der Waals surface area contributed by atoms with Crippen LogP contribution in [0.1, 0.15) is 56.4 Å². The number of hydrogen-bond acceptors (Lipinski definition) is 7. The Balaban J connectivity index is 1.27. The molecule has 2 aliphatic carbocycles. The molecule has 1 aromatic rings. The van der Waals surface area contributed by atoms with E-state index in [1.807, 2.05) is 17.0 Å². The standard InChI is InChI=1S/C37H49F4N3O5/c1-47-22-26-19-43(35(46)36(38)23-44(28-6-4-5-7-28)21-32(36)24-8-11-29(48-2)12-9-24)20-31(26)30-13-10-27(37(39,40)41)18-33(30)42-16-14-25(15-17-42)34(45)49-3/h8-12,18,25-26,28,30-32H,4-7,13-17,19-23H2,1-3H3/t26-,30?,31+,32+,36+/m1/s1. The Labute approximate surface area is 286 Å². The molecule has 0 aromatic heterocycles. The minimum Gasteiger partial charge on any atom is -0.497 e. The van der Waals surface area contributed by atoms with Gasteiger partial charge in [0.1, 0.15) is 5.75 Å². The molecular weight excluding hydrogens is 642 g/mol. The Bertz CT molecular complexity index is 1400. The van der Waals surface area contributed by atoms with Crippen molar-refractivity contribution < 1.29 is 41.4 Å². The van der Waals surface area contributed by atoms with Crippen molar-refractivity contribution in [3.05, 3.63) is 53.3 Å². The molecule has 3 heterocycles. The van der Waals surface area contributed by atoms with Crippen LogP contribution in [0.5, 0.6) is 5.75 Å². The molecule has 0 N–H and O–H groups in total. The third kappa shape index (κ3) is 7.22. The van der Waals surface area contributed by atoms with E-state index in [4.69, 9.17) is 14.2 Å². The molecule has 0 bridgehead atoms. The molecule has 3 saturated heterocycles. The average Bonchev–Trinajstić information content (AvgIpc) is 3.87. The van der Waals surface area contributed by atoms with Crippen LogP contribution in [0.4, 0.5) is 17.6 Å². The Morgan fingerprint density at radius 3 is 2.27 bits per heavy atom. The number of alkyl halides is 4. The molecule has 0 radical (unpaired) electrons. The molecule has 3 aliphatic heterocycles. The SMILES string of the molecule is COC[C@H]1CN(C(=O)[C@]2(F)CN(C3CCCC3)C[C@H]2c2ccc(OC)cc2)C[C@@H]1C1CC=C(C(F)(F)F)C=C1N1CCC(C(=O)OC)CC1. The van der Waals surface area contributed by atoms with Crippen molar-refractivity contribution in [2.75, 3.05) is 67.2 Å². The van der Waals surface area contributed by atoms with Gasteiger partial charge in [-0.15, -0.1) is 0 Å². The summed E-state index contributed by atoms with van der Waals surface area (Å²) in [5.74, 6) is -1.91. The number of rotatable bonds is 9. The van der Waals surface area contributed by atoms with Gasteiger partial charge in [-0.2, -0.15) is 13.2 Å². The second kappa shape index (κ2) is 14.6. The molecule has 49 heavy (non-hydrogen) atoms. The number of methoxy groups -OCH3 is 3. The Kier molecular flexibility index (Phi) is 10.7. The number of benzene rings is 1. The molecule has 1 unspecified atom stereocenters. The van der Waals surface area contributed by atoms with Crippen molar-refractivity contribution in [3.63, 3.8) is 0 Å². The van der Waals surface area contributed by atoms with E-state index in [0.717, 1.165) is 31.2 Å². The van der Waals surface area contributed by atoms with Gasteiger partial charge in [0, 0.05) is 75.9 Å². The first-order valence-corrected chi connectivity index (χ1v) is 17.6. The van der Waals surface area contributed by atoms with Gasteiger partial charge in [-0.25, -0.2) is 4.39 Å². The maximum Gasteiger partial charge on any atom is 0.416 e. The molecular formula is C37H49F4N3O5. The van der Waals surface area contributed by atoms with Crippen molar-refractivity contribution in [2.45, 2.75) is 68.8 Å². The number of piperidine rings is 1. The van der Waals surface area contributed by atoms with Gasteiger partial charge >= 0.3 is 12.1 Å². The number of likely N-dealkylation sites (tertiary alicyclic amines) is 3. The summed E-state index contributed by atoms with van der Waals surface area (Å²) in [6.07, 6.45) is 3.26. The molecule has 270 valence electrons.